The molecular weight excluding hydrogens is 392 g/mol. The first-order chi connectivity index (χ1) is 14.9. The van der Waals surface area contributed by atoms with Crippen molar-refractivity contribution in [2.45, 2.75) is 12.5 Å². The van der Waals surface area contributed by atoms with Crippen LogP contribution in [0.2, 0.25) is 0 Å². The van der Waals surface area contributed by atoms with E-state index in [1.165, 1.54) is 10.6 Å². The summed E-state index contributed by atoms with van der Waals surface area (Å²) in [5.74, 6) is 0.673. The monoisotopic (exact) mass is 422 g/mol. The van der Waals surface area contributed by atoms with E-state index in [1.54, 1.807) is 38.4 Å². The van der Waals surface area contributed by atoms with E-state index in [4.69, 9.17) is 4.74 Å². The highest BCUT2D eigenvalue weighted by molar-refractivity contribution is 5.97. The maximum atomic E-state index is 12.8. The van der Waals surface area contributed by atoms with Crippen molar-refractivity contribution in [2.75, 3.05) is 58.8 Å². The molecule has 0 aromatic heterocycles. The van der Waals surface area contributed by atoms with E-state index < -0.39 is 0 Å². The first kappa shape index (κ1) is 21.2. The highest BCUT2D eigenvalue weighted by Gasteiger charge is 2.27. The van der Waals surface area contributed by atoms with Gasteiger partial charge in [-0.05, 0) is 43.4 Å². The zero-order valence-corrected chi connectivity index (χ0v) is 18.4. The minimum atomic E-state index is -0.155. The van der Waals surface area contributed by atoms with Crippen LogP contribution in [-0.4, -0.2) is 81.6 Å². The van der Waals surface area contributed by atoms with E-state index in [2.05, 4.69) is 28.2 Å². The molecule has 0 spiro atoms. The van der Waals surface area contributed by atoms with Gasteiger partial charge >= 0.3 is 0 Å². The molecule has 7 heteroatoms. The van der Waals surface area contributed by atoms with Crippen LogP contribution in [0.15, 0.2) is 42.5 Å². The number of fused-ring (bicyclic) bond motifs is 1. The highest BCUT2D eigenvalue weighted by atomic mass is 16.5. The van der Waals surface area contributed by atoms with Gasteiger partial charge in [0.15, 0.2) is 0 Å². The number of anilines is 1. The Morgan fingerprint density at radius 1 is 1.00 bits per heavy atom. The second-order valence-corrected chi connectivity index (χ2v) is 8.51. The van der Waals surface area contributed by atoms with Crippen LogP contribution in [-0.2, 0) is 6.42 Å². The SMILES string of the molecule is CN1CCN(c2cccc3c2C[C@H](NC(=O)c2ccc(C(=O)N(C)C)cc2)CO3)CC1. The zero-order valence-electron chi connectivity index (χ0n) is 18.4. The molecule has 0 aliphatic carbocycles. The first-order valence-corrected chi connectivity index (χ1v) is 10.7. The van der Waals surface area contributed by atoms with E-state index in [1.807, 2.05) is 12.1 Å². The summed E-state index contributed by atoms with van der Waals surface area (Å²) in [6, 6.07) is 12.9. The Morgan fingerprint density at radius 3 is 2.35 bits per heavy atom. The molecule has 2 aromatic carbocycles. The van der Waals surface area contributed by atoms with Crippen LogP contribution >= 0.6 is 0 Å². The predicted octanol–water partition coefficient (Wildman–Crippen LogP) is 1.87. The topological polar surface area (TPSA) is 65.1 Å². The van der Waals surface area contributed by atoms with E-state index in [-0.39, 0.29) is 17.9 Å². The van der Waals surface area contributed by atoms with Crippen molar-refractivity contribution < 1.29 is 14.3 Å². The molecular formula is C24H30N4O3. The van der Waals surface area contributed by atoms with Gasteiger partial charge in [0.1, 0.15) is 12.4 Å². The third-order valence-electron chi connectivity index (χ3n) is 5.98. The molecule has 2 aromatic rings. The summed E-state index contributed by atoms with van der Waals surface area (Å²) in [6.45, 7) is 4.50. The van der Waals surface area contributed by atoms with E-state index in [0.717, 1.165) is 43.9 Å². The number of carbonyl (C=O) groups excluding carboxylic acids is 2. The van der Waals surface area contributed by atoms with Crippen molar-refractivity contribution in [1.29, 1.82) is 0 Å². The summed E-state index contributed by atoms with van der Waals surface area (Å²) in [7, 11) is 5.57. The molecule has 0 saturated carbocycles. The van der Waals surface area contributed by atoms with Crippen molar-refractivity contribution in [2.24, 2.45) is 0 Å². The third kappa shape index (κ3) is 4.66. The standard InChI is InChI=1S/C24H30N4O3/c1-26(2)24(30)18-9-7-17(8-10-18)23(29)25-19-15-20-21(5-4-6-22(20)31-16-19)28-13-11-27(3)12-14-28/h4-10,19H,11-16H2,1-3H3,(H,25,29)/t19-/m0/s1. The van der Waals surface area contributed by atoms with E-state index >= 15 is 0 Å². The summed E-state index contributed by atoms with van der Waals surface area (Å²) in [5.41, 5.74) is 3.47. The fraction of sp³-hybridized carbons (Fsp3) is 0.417. The molecule has 2 amide bonds. The van der Waals surface area contributed by atoms with Crippen molar-refractivity contribution >= 4 is 17.5 Å². The van der Waals surface area contributed by atoms with Gasteiger partial charge in [-0.1, -0.05) is 6.07 Å². The molecule has 7 nitrogen and oxygen atoms in total. The quantitative estimate of drug-likeness (QED) is 0.815. The van der Waals surface area contributed by atoms with Crippen LogP contribution in [0.4, 0.5) is 5.69 Å². The van der Waals surface area contributed by atoms with Gasteiger partial charge in [-0.25, -0.2) is 0 Å². The number of hydrogen-bond donors (Lipinski definition) is 1. The molecule has 31 heavy (non-hydrogen) atoms. The lowest BCUT2D eigenvalue weighted by atomic mass is 9.99. The molecule has 1 saturated heterocycles. The van der Waals surface area contributed by atoms with Crippen molar-refractivity contribution in [3.8, 4) is 5.75 Å². The number of hydrogen-bond acceptors (Lipinski definition) is 5. The smallest absolute Gasteiger partial charge is 0.253 e. The molecule has 4 rings (SSSR count). The van der Waals surface area contributed by atoms with Gasteiger partial charge in [-0.2, -0.15) is 0 Å². The number of amides is 2. The molecule has 0 radical (unpaired) electrons. The van der Waals surface area contributed by atoms with Gasteiger partial charge in [0, 0.05) is 69.1 Å². The molecule has 0 unspecified atom stereocenters. The van der Waals surface area contributed by atoms with Gasteiger partial charge in [-0.15, -0.1) is 0 Å². The molecule has 2 aliphatic rings. The fourth-order valence-electron chi connectivity index (χ4n) is 4.12. The number of ether oxygens (including phenoxy) is 1. The number of likely N-dealkylation sites (N-methyl/N-ethyl adjacent to an activating group) is 1. The molecule has 1 fully saturated rings. The highest BCUT2D eigenvalue weighted by Crippen LogP contribution is 2.34. The Bertz CT molecular complexity index is 950. The van der Waals surface area contributed by atoms with Gasteiger partial charge in [0.25, 0.3) is 11.8 Å². The van der Waals surface area contributed by atoms with Crippen LogP contribution in [0.3, 0.4) is 0 Å². The van der Waals surface area contributed by atoms with Gasteiger partial charge < -0.3 is 24.8 Å². The van der Waals surface area contributed by atoms with Crippen molar-refractivity contribution in [3.05, 3.63) is 59.2 Å². The number of nitrogens with one attached hydrogen (secondary N) is 1. The van der Waals surface area contributed by atoms with Gasteiger partial charge in [0.05, 0.1) is 6.04 Å². The van der Waals surface area contributed by atoms with Gasteiger partial charge in [0.2, 0.25) is 0 Å². The van der Waals surface area contributed by atoms with Crippen LogP contribution in [0.25, 0.3) is 0 Å². The maximum Gasteiger partial charge on any atom is 0.253 e. The van der Waals surface area contributed by atoms with Crippen molar-refractivity contribution in [1.82, 2.24) is 15.1 Å². The second-order valence-electron chi connectivity index (χ2n) is 8.51. The Morgan fingerprint density at radius 2 is 1.68 bits per heavy atom. The Labute approximate surface area is 183 Å². The molecule has 0 bridgehead atoms. The maximum absolute atomic E-state index is 12.8. The summed E-state index contributed by atoms with van der Waals surface area (Å²) in [5, 5.41) is 3.10. The lowest BCUT2D eigenvalue weighted by molar-refractivity contribution is 0.0826. The fourth-order valence-corrected chi connectivity index (χ4v) is 4.12. The Kier molecular flexibility index (Phi) is 6.13. The summed E-state index contributed by atoms with van der Waals surface area (Å²) < 4.78 is 6.00. The van der Waals surface area contributed by atoms with Crippen LogP contribution < -0.4 is 15.0 Å². The molecule has 1 N–H and O–H groups in total. The predicted molar refractivity (Wildman–Crippen MR) is 121 cm³/mol. The Balaban J connectivity index is 1.44. The lowest BCUT2D eigenvalue weighted by Gasteiger charge is -2.37. The van der Waals surface area contributed by atoms with E-state index in [9.17, 15) is 9.59 Å². The zero-order chi connectivity index (χ0) is 22.0. The van der Waals surface area contributed by atoms with Crippen LogP contribution in [0, 0.1) is 0 Å². The summed E-state index contributed by atoms with van der Waals surface area (Å²) in [4.78, 5) is 31.1. The average molecular weight is 423 g/mol. The largest absolute Gasteiger partial charge is 0.491 e. The third-order valence-corrected chi connectivity index (χ3v) is 5.98. The lowest BCUT2D eigenvalue weighted by Crippen LogP contribution is -2.46. The molecule has 2 heterocycles. The second kappa shape index (κ2) is 8.98. The minimum Gasteiger partial charge on any atom is -0.491 e. The van der Waals surface area contributed by atoms with Crippen LogP contribution in [0.5, 0.6) is 5.75 Å². The summed E-state index contributed by atoms with van der Waals surface area (Å²) >= 11 is 0. The minimum absolute atomic E-state index is 0.0827. The number of nitrogens with zero attached hydrogens (tertiary/aromatic N) is 3. The number of rotatable bonds is 4. The van der Waals surface area contributed by atoms with Gasteiger partial charge in [-0.3, -0.25) is 9.59 Å². The average Bonchev–Trinajstić information content (AvgIpc) is 2.79. The van der Waals surface area contributed by atoms with Crippen molar-refractivity contribution in [3.63, 3.8) is 0 Å². The first-order valence-electron chi connectivity index (χ1n) is 10.7. The van der Waals surface area contributed by atoms with E-state index in [0.29, 0.717) is 17.7 Å². The normalized spacial score (nSPS) is 18.7. The Hall–Kier alpha value is -3.06. The molecule has 1 atom stereocenters. The summed E-state index contributed by atoms with van der Waals surface area (Å²) in [6.07, 6.45) is 0.737. The molecule has 2 aliphatic heterocycles. The number of benzene rings is 2. The van der Waals surface area contributed by atoms with Crippen LogP contribution in [0.1, 0.15) is 26.3 Å². The number of piperazine rings is 1. The molecule has 164 valence electrons. The number of carbonyl (C=O) groups is 2.